The number of hydrogen-bond acceptors (Lipinski definition) is 1. The average Bonchev–Trinajstić information content (AvgIpc) is 2.70. The number of fused-ring (bicyclic) bond motifs is 2. The average molecular weight is 346 g/mol. The van der Waals surface area contributed by atoms with E-state index in [1.807, 2.05) is 12.1 Å². The van der Waals surface area contributed by atoms with Crippen LogP contribution in [0.3, 0.4) is 0 Å². The van der Waals surface area contributed by atoms with Gasteiger partial charge in [0, 0.05) is 0 Å². The molecular weight excluding hydrogens is 314 g/mol. The summed E-state index contributed by atoms with van der Waals surface area (Å²) in [5, 5.41) is 11.6. The zero-order valence-corrected chi connectivity index (χ0v) is 16.1. The molecule has 2 aromatic carbocycles. The summed E-state index contributed by atoms with van der Waals surface area (Å²) in [5.74, 6) is 3.72. The maximum atomic E-state index is 9.08. The Hall–Kier alpha value is -1.81. The second kappa shape index (κ2) is 7.83. The van der Waals surface area contributed by atoms with Crippen molar-refractivity contribution in [3.8, 4) is 6.07 Å². The molecule has 26 heavy (non-hydrogen) atoms. The second-order valence-corrected chi connectivity index (χ2v) is 8.78. The van der Waals surface area contributed by atoms with Crippen LogP contribution in [0.4, 0.5) is 0 Å². The molecule has 0 bridgehead atoms. The van der Waals surface area contributed by atoms with Crippen molar-refractivity contribution in [1.29, 1.82) is 5.26 Å². The van der Waals surface area contributed by atoms with E-state index < -0.39 is 0 Å². The molecule has 0 spiro atoms. The molecule has 2 aliphatic rings. The molecule has 1 nitrogen and oxygen atoms in total. The number of benzene rings is 2. The third kappa shape index (κ3) is 3.66. The van der Waals surface area contributed by atoms with Crippen molar-refractivity contribution < 1.29 is 0 Å². The Morgan fingerprint density at radius 2 is 1.69 bits per heavy atom. The van der Waals surface area contributed by atoms with Gasteiger partial charge in [0.05, 0.1) is 11.6 Å². The van der Waals surface area contributed by atoms with Crippen LogP contribution in [0.15, 0.2) is 36.4 Å². The van der Waals surface area contributed by atoms with Gasteiger partial charge in [-0.25, -0.2) is 0 Å². The van der Waals surface area contributed by atoms with Crippen molar-refractivity contribution in [2.24, 2.45) is 17.8 Å². The van der Waals surface area contributed by atoms with Crippen LogP contribution in [0.25, 0.3) is 10.8 Å². The Morgan fingerprint density at radius 1 is 0.923 bits per heavy atom. The zero-order chi connectivity index (χ0) is 17.9. The highest BCUT2D eigenvalue weighted by Gasteiger charge is 2.35. The van der Waals surface area contributed by atoms with E-state index >= 15 is 0 Å². The molecule has 2 fully saturated rings. The van der Waals surface area contributed by atoms with Crippen molar-refractivity contribution in [3.63, 3.8) is 0 Å². The molecule has 2 aromatic rings. The molecule has 136 valence electrons. The standard InChI is InChI=1S/C25H31N/c1-2-3-4-18-5-7-22-15-24(11-9-20(22)13-18)25-12-10-21-14-19(17-26)6-8-23(21)16-25/h6,8,10,12,14,16,18,20,22,24H,2-5,7,9,11,13,15H2,1H3. The monoisotopic (exact) mass is 345 g/mol. The SMILES string of the molecule is CCCCC1CCC2CC(c3ccc4cc(C#N)ccc4c3)CCC2C1. The molecule has 4 unspecified atom stereocenters. The van der Waals surface area contributed by atoms with Crippen LogP contribution in [0.1, 0.15) is 81.8 Å². The molecule has 1 heteroatoms. The summed E-state index contributed by atoms with van der Waals surface area (Å²) in [5.41, 5.74) is 2.28. The first-order valence-electron chi connectivity index (χ1n) is 10.7. The smallest absolute Gasteiger partial charge is 0.0991 e. The largest absolute Gasteiger partial charge is 0.192 e. The molecule has 4 atom stereocenters. The van der Waals surface area contributed by atoms with Crippen molar-refractivity contribution in [2.45, 2.75) is 70.6 Å². The predicted molar refractivity (Wildman–Crippen MR) is 109 cm³/mol. The van der Waals surface area contributed by atoms with Gasteiger partial charge in [-0.15, -0.1) is 0 Å². The minimum Gasteiger partial charge on any atom is -0.192 e. The summed E-state index contributed by atoms with van der Waals surface area (Å²) in [6, 6.07) is 15.2. The summed E-state index contributed by atoms with van der Waals surface area (Å²) in [4.78, 5) is 0. The van der Waals surface area contributed by atoms with Crippen LogP contribution >= 0.6 is 0 Å². The fourth-order valence-corrected chi connectivity index (χ4v) is 5.63. The van der Waals surface area contributed by atoms with Crippen molar-refractivity contribution in [3.05, 3.63) is 47.5 Å². The minimum absolute atomic E-state index is 0.739. The van der Waals surface area contributed by atoms with Crippen LogP contribution in [0.2, 0.25) is 0 Å². The molecule has 0 N–H and O–H groups in total. The Bertz CT molecular complexity index is 799. The van der Waals surface area contributed by atoms with Gasteiger partial charge < -0.3 is 0 Å². The van der Waals surface area contributed by atoms with Crippen LogP contribution in [0, 0.1) is 29.1 Å². The van der Waals surface area contributed by atoms with E-state index in [1.165, 1.54) is 74.1 Å². The van der Waals surface area contributed by atoms with E-state index in [1.54, 1.807) is 0 Å². The van der Waals surface area contributed by atoms with Crippen molar-refractivity contribution in [1.82, 2.24) is 0 Å². The normalized spacial score (nSPS) is 28.5. The Labute approximate surface area is 158 Å². The fraction of sp³-hybridized carbons (Fsp3) is 0.560. The van der Waals surface area contributed by atoms with Gasteiger partial charge in [0.15, 0.2) is 0 Å². The number of nitriles is 1. The highest BCUT2D eigenvalue weighted by molar-refractivity contribution is 5.84. The first-order valence-corrected chi connectivity index (χ1v) is 10.7. The van der Waals surface area contributed by atoms with E-state index in [4.69, 9.17) is 5.26 Å². The van der Waals surface area contributed by atoms with Gasteiger partial charge >= 0.3 is 0 Å². The fourth-order valence-electron chi connectivity index (χ4n) is 5.63. The summed E-state index contributed by atoms with van der Waals surface area (Å²) in [6.07, 6.45) is 12.9. The Morgan fingerprint density at radius 3 is 2.54 bits per heavy atom. The molecule has 0 aromatic heterocycles. The molecule has 0 amide bonds. The lowest BCUT2D eigenvalue weighted by atomic mass is 9.63. The number of hydrogen-bond donors (Lipinski definition) is 0. The highest BCUT2D eigenvalue weighted by atomic mass is 14.4. The number of nitrogens with zero attached hydrogens (tertiary/aromatic N) is 1. The van der Waals surface area contributed by atoms with Gasteiger partial charge in [0.2, 0.25) is 0 Å². The number of unbranched alkanes of at least 4 members (excludes halogenated alkanes) is 1. The topological polar surface area (TPSA) is 23.8 Å². The molecule has 0 saturated heterocycles. The Balaban J connectivity index is 1.44. The third-order valence-corrected chi connectivity index (χ3v) is 7.15. The molecule has 0 radical (unpaired) electrons. The van der Waals surface area contributed by atoms with Gasteiger partial charge in [0.1, 0.15) is 0 Å². The summed E-state index contributed by atoms with van der Waals surface area (Å²) < 4.78 is 0. The minimum atomic E-state index is 0.739. The lowest BCUT2D eigenvalue weighted by molar-refractivity contribution is 0.113. The van der Waals surface area contributed by atoms with Crippen molar-refractivity contribution >= 4 is 10.8 Å². The third-order valence-electron chi connectivity index (χ3n) is 7.15. The maximum absolute atomic E-state index is 9.08. The van der Waals surface area contributed by atoms with Crippen LogP contribution < -0.4 is 0 Å². The molecule has 2 saturated carbocycles. The van der Waals surface area contributed by atoms with Gasteiger partial charge in [0.25, 0.3) is 0 Å². The van der Waals surface area contributed by atoms with Gasteiger partial charge in [-0.2, -0.15) is 5.26 Å². The summed E-state index contributed by atoms with van der Waals surface area (Å²) in [6.45, 7) is 2.32. The van der Waals surface area contributed by atoms with Gasteiger partial charge in [-0.1, -0.05) is 56.9 Å². The lowest BCUT2D eigenvalue weighted by Gasteiger charge is -2.42. The van der Waals surface area contributed by atoms with Gasteiger partial charge in [-0.05, 0) is 84.2 Å². The van der Waals surface area contributed by atoms with Crippen LogP contribution in [0.5, 0.6) is 0 Å². The van der Waals surface area contributed by atoms with Crippen LogP contribution in [-0.2, 0) is 0 Å². The van der Waals surface area contributed by atoms with Gasteiger partial charge in [-0.3, -0.25) is 0 Å². The quantitative estimate of drug-likeness (QED) is 0.574. The van der Waals surface area contributed by atoms with Crippen molar-refractivity contribution in [2.75, 3.05) is 0 Å². The predicted octanol–water partition coefficient (Wildman–Crippen LogP) is 7.20. The van der Waals surface area contributed by atoms with E-state index in [0.29, 0.717) is 0 Å². The summed E-state index contributed by atoms with van der Waals surface area (Å²) in [7, 11) is 0. The van der Waals surface area contributed by atoms with E-state index in [-0.39, 0.29) is 0 Å². The Kier molecular flexibility index (Phi) is 5.30. The first-order chi connectivity index (χ1) is 12.8. The van der Waals surface area contributed by atoms with E-state index in [0.717, 1.165) is 29.2 Å². The molecule has 2 aliphatic carbocycles. The second-order valence-electron chi connectivity index (χ2n) is 8.78. The summed E-state index contributed by atoms with van der Waals surface area (Å²) >= 11 is 0. The maximum Gasteiger partial charge on any atom is 0.0991 e. The highest BCUT2D eigenvalue weighted by Crippen LogP contribution is 2.48. The molecular formula is C25H31N. The molecule has 0 aliphatic heterocycles. The number of rotatable bonds is 4. The zero-order valence-electron chi connectivity index (χ0n) is 16.1. The molecule has 0 heterocycles. The van der Waals surface area contributed by atoms with E-state index in [9.17, 15) is 0 Å². The molecule has 4 rings (SSSR count). The lowest BCUT2D eigenvalue weighted by Crippen LogP contribution is -2.30. The van der Waals surface area contributed by atoms with E-state index in [2.05, 4.69) is 37.3 Å². The first kappa shape index (κ1) is 17.6. The van der Waals surface area contributed by atoms with Crippen LogP contribution in [-0.4, -0.2) is 0 Å².